The summed E-state index contributed by atoms with van der Waals surface area (Å²) in [6.07, 6.45) is -1.22. The van der Waals surface area contributed by atoms with Gasteiger partial charge in [0.25, 0.3) is 17.7 Å². The lowest BCUT2D eigenvalue weighted by Gasteiger charge is -2.25. The number of rotatable bonds is 16. The molecule has 0 aliphatic heterocycles. The van der Waals surface area contributed by atoms with E-state index in [2.05, 4.69) is 52.0 Å². The maximum Gasteiger partial charge on any atom is 0.412 e. The zero-order chi connectivity index (χ0) is 62.4. The molecule has 19 nitrogen and oxygen atoms in total. The highest BCUT2D eigenvalue weighted by atomic mass is 16.6. The molecular weight excluding hydrogens is 1080 g/mol. The molecule has 0 saturated heterocycles. The number of carbonyl (C=O) groups is 7. The molecular formula is C66H74N6O13. The maximum atomic E-state index is 13.7. The normalized spacial score (nSPS) is 11.4. The van der Waals surface area contributed by atoms with Crippen LogP contribution in [0.1, 0.15) is 131 Å². The Balaban J connectivity index is 0.000000291. The van der Waals surface area contributed by atoms with Crippen LogP contribution in [0.25, 0.3) is 34.0 Å². The topological polar surface area (TPSA) is 246 Å². The van der Waals surface area contributed by atoms with E-state index in [4.69, 9.17) is 28.6 Å². The van der Waals surface area contributed by atoms with E-state index in [9.17, 15) is 33.6 Å². The Morgan fingerprint density at radius 1 is 0.447 bits per heavy atom. The number of carboxylic acid groups (broad SMARTS) is 1. The molecule has 0 unspecified atom stereocenters. The van der Waals surface area contributed by atoms with Gasteiger partial charge in [0, 0.05) is 46.7 Å². The first-order valence-electron chi connectivity index (χ1n) is 27.4. The van der Waals surface area contributed by atoms with Gasteiger partial charge in [-0.15, -0.1) is 0 Å². The average Bonchev–Trinajstić information content (AvgIpc) is 4.12. The number of ether oxygens (including phenoxy) is 4. The number of amides is 4. The molecule has 19 heteroatoms. The van der Waals surface area contributed by atoms with Gasteiger partial charge in [-0.3, -0.25) is 29.8 Å². The smallest absolute Gasteiger partial charge is 0.412 e. The summed E-state index contributed by atoms with van der Waals surface area (Å²) in [5, 5.41) is 18.5. The van der Waals surface area contributed by atoms with Gasteiger partial charge in [0.15, 0.2) is 0 Å². The second kappa shape index (κ2) is 27.6. The summed E-state index contributed by atoms with van der Waals surface area (Å²) in [6.45, 7) is 22.8. The van der Waals surface area contributed by atoms with Gasteiger partial charge in [0.05, 0.1) is 5.56 Å². The van der Waals surface area contributed by atoms with Crippen molar-refractivity contribution in [1.82, 2.24) is 19.9 Å². The van der Waals surface area contributed by atoms with Crippen LogP contribution in [-0.4, -0.2) is 102 Å². The molecule has 0 saturated carbocycles. The van der Waals surface area contributed by atoms with Crippen molar-refractivity contribution in [2.45, 2.75) is 126 Å². The van der Waals surface area contributed by atoms with Gasteiger partial charge < -0.3 is 38.4 Å². The predicted octanol–water partition coefficient (Wildman–Crippen LogP) is 13.4. The Hall–Kier alpha value is -9.65. The molecule has 0 atom stereocenters. The molecule has 3 N–H and O–H groups in total. The SMILES string of the molecule is CC(C)(C)OC(=O)CN(Cc1ccc(C(=O)O)cc1)C(=O)c1ccc(NC(=O)OC(C)(C)C)cc1.Cc1ccc(-c2ccc(-c3noc(-c4ccc(CN(CC(=O)OC(C)(C)C)C(=O)c5ccc(NC(=O)OC(C)(C)C)cc5)cc4)n3)cc2)cc1. The first kappa shape index (κ1) is 64.5. The van der Waals surface area contributed by atoms with Gasteiger partial charge in [0.2, 0.25) is 5.82 Å². The molecule has 4 amide bonds. The van der Waals surface area contributed by atoms with E-state index in [0.29, 0.717) is 45.3 Å². The second-order valence-electron chi connectivity index (χ2n) is 24.0. The van der Waals surface area contributed by atoms with Gasteiger partial charge >= 0.3 is 30.1 Å². The third-order valence-electron chi connectivity index (χ3n) is 11.7. The van der Waals surface area contributed by atoms with Crippen LogP contribution in [0, 0.1) is 6.92 Å². The zero-order valence-corrected chi connectivity index (χ0v) is 50.3. The third-order valence-corrected chi connectivity index (χ3v) is 11.7. The standard InChI is InChI=1S/C40H42N4O6.C26H32N2O7/c1-26-8-12-28(13-9-26)29-16-18-30(19-17-29)35-42-36(50-43-35)31-14-10-27(11-15-31)24-44(25-34(45)48-39(2,3)4)37(46)32-20-22-33(23-21-32)41-38(47)49-40(5,6)7;1-25(2,3)34-21(29)16-28(15-17-7-9-19(10-8-17)23(31)32)22(30)18-11-13-20(14-12-18)27-24(33)35-26(4,5)6/h8-23H,24-25H2,1-7H3,(H,41,47);7-14H,15-16H2,1-6H3,(H,27,33)(H,31,32). The van der Waals surface area contributed by atoms with Crippen LogP contribution in [0.2, 0.25) is 0 Å². The number of nitrogens with zero attached hydrogens (tertiary/aromatic N) is 4. The minimum absolute atomic E-state index is 0.0654. The van der Waals surface area contributed by atoms with Gasteiger partial charge in [0.1, 0.15) is 35.5 Å². The molecule has 1 heterocycles. The average molecular weight is 1160 g/mol. The summed E-state index contributed by atoms with van der Waals surface area (Å²) in [7, 11) is 0. The van der Waals surface area contributed by atoms with Crippen molar-refractivity contribution in [2.75, 3.05) is 23.7 Å². The van der Waals surface area contributed by atoms with Crippen LogP contribution < -0.4 is 10.6 Å². The largest absolute Gasteiger partial charge is 0.478 e. The molecule has 0 fully saturated rings. The van der Waals surface area contributed by atoms with Crippen LogP contribution in [0.4, 0.5) is 21.0 Å². The summed E-state index contributed by atoms with van der Waals surface area (Å²) in [5.74, 6) is -2.14. The molecule has 6 aromatic carbocycles. The number of esters is 2. The highest BCUT2D eigenvalue weighted by Gasteiger charge is 2.27. The van der Waals surface area contributed by atoms with E-state index in [1.54, 1.807) is 132 Å². The number of aryl methyl sites for hydroxylation is 1. The molecule has 85 heavy (non-hydrogen) atoms. The number of benzene rings is 6. The fraction of sp³-hybridized carbons (Fsp3) is 0.318. The van der Waals surface area contributed by atoms with E-state index in [1.165, 1.54) is 39.6 Å². The summed E-state index contributed by atoms with van der Waals surface area (Å²) in [4.78, 5) is 94.8. The molecule has 0 spiro atoms. The fourth-order valence-corrected chi connectivity index (χ4v) is 8.02. The number of hydrogen-bond acceptors (Lipinski definition) is 14. The van der Waals surface area contributed by atoms with Crippen molar-refractivity contribution in [3.8, 4) is 34.0 Å². The molecule has 0 radical (unpaired) electrons. The van der Waals surface area contributed by atoms with Gasteiger partial charge in [-0.25, -0.2) is 14.4 Å². The molecule has 446 valence electrons. The third kappa shape index (κ3) is 21.2. The minimum Gasteiger partial charge on any atom is -0.478 e. The van der Waals surface area contributed by atoms with Crippen LogP contribution in [-0.2, 0) is 41.6 Å². The van der Waals surface area contributed by atoms with Gasteiger partial charge in [-0.05, 0) is 185 Å². The number of aromatic carboxylic acids is 1. The lowest BCUT2D eigenvalue weighted by atomic mass is 10.0. The van der Waals surface area contributed by atoms with Crippen LogP contribution in [0.3, 0.4) is 0 Å². The lowest BCUT2D eigenvalue weighted by Crippen LogP contribution is -2.38. The summed E-state index contributed by atoms with van der Waals surface area (Å²) in [6, 6.07) is 42.3. The Kier molecular flexibility index (Phi) is 21.0. The molecule has 7 rings (SSSR count). The number of nitrogens with one attached hydrogen (secondary N) is 2. The van der Waals surface area contributed by atoms with E-state index in [1.807, 2.05) is 48.5 Å². The zero-order valence-electron chi connectivity index (χ0n) is 50.3. The summed E-state index contributed by atoms with van der Waals surface area (Å²) in [5.41, 5.74) is 5.34. The molecule has 1 aromatic heterocycles. The van der Waals surface area contributed by atoms with Crippen LogP contribution >= 0.6 is 0 Å². The van der Waals surface area contributed by atoms with Gasteiger partial charge in [-0.1, -0.05) is 83.5 Å². The Morgan fingerprint density at radius 2 is 0.788 bits per heavy atom. The van der Waals surface area contributed by atoms with Crippen LogP contribution in [0.15, 0.2) is 150 Å². The highest BCUT2D eigenvalue weighted by molar-refractivity contribution is 5.98. The quantitative estimate of drug-likeness (QED) is 0.0601. The van der Waals surface area contributed by atoms with Crippen molar-refractivity contribution in [1.29, 1.82) is 0 Å². The van der Waals surface area contributed by atoms with E-state index in [-0.39, 0.29) is 37.6 Å². The number of aromatic nitrogens is 2. The van der Waals surface area contributed by atoms with Crippen molar-refractivity contribution >= 4 is 53.3 Å². The molecule has 0 aliphatic rings. The number of carboxylic acids is 1. The van der Waals surface area contributed by atoms with Crippen molar-refractivity contribution in [3.05, 3.63) is 179 Å². The minimum atomic E-state index is -1.06. The first-order chi connectivity index (χ1) is 39.7. The van der Waals surface area contributed by atoms with Crippen molar-refractivity contribution < 1.29 is 62.1 Å². The Labute approximate surface area is 495 Å². The fourth-order valence-electron chi connectivity index (χ4n) is 8.02. The first-order valence-corrected chi connectivity index (χ1v) is 27.4. The molecule has 0 bridgehead atoms. The summed E-state index contributed by atoms with van der Waals surface area (Å²) < 4.78 is 27.0. The predicted molar refractivity (Wildman–Crippen MR) is 323 cm³/mol. The van der Waals surface area contributed by atoms with Crippen LogP contribution in [0.5, 0.6) is 0 Å². The lowest BCUT2D eigenvalue weighted by molar-refractivity contribution is -0.156. The monoisotopic (exact) mass is 1160 g/mol. The summed E-state index contributed by atoms with van der Waals surface area (Å²) >= 11 is 0. The van der Waals surface area contributed by atoms with Gasteiger partial charge in [-0.2, -0.15) is 4.98 Å². The van der Waals surface area contributed by atoms with Crippen molar-refractivity contribution in [2.24, 2.45) is 0 Å². The molecule has 0 aliphatic carbocycles. The van der Waals surface area contributed by atoms with E-state index in [0.717, 1.165) is 22.3 Å². The van der Waals surface area contributed by atoms with E-state index < -0.39 is 58.4 Å². The number of anilines is 2. The van der Waals surface area contributed by atoms with E-state index >= 15 is 0 Å². The maximum absolute atomic E-state index is 13.7. The highest BCUT2D eigenvalue weighted by Crippen LogP contribution is 2.27. The Morgan fingerprint density at radius 3 is 1.16 bits per heavy atom. The number of hydrogen-bond donors (Lipinski definition) is 3. The number of carbonyl (C=O) groups excluding carboxylic acids is 6. The molecule has 7 aromatic rings. The second-order valence-corrected chi connectivity index (χ2v) is 24.0. The van der Waals surface area contributed by atoms with Crippen molar-refractivity contribution in [3.63, 3.8) is 0 Å². The Bertz CT molecular complexity index is 3440.